The summed E-state index contributed by atoms with van der Waals surface area (Å²) >= 11 is 3.19. The fourth-order valence-electron chi connectivity index (χ4n) is 2.41. The number of benzene rings is 1. The van der Waals surface area contributed by atoms with Gasteiger partial charge in [-0.2, -0.15) is 0 Å². The van der Waals surface area contributed by atoms with E-state index in [-0.39, 0.29) is 5.78 Å². The quantitative estimate of drug-likeness (QED) is 0.343. The number of allylic oxidation sites excluding steroid dienone is 2. The molecule has 1 atom stereocenters. The highest BCUT2D eigenvalue weighted by molar-refractivity contribution is 9.09. The van der Waals surface area contributed by atoms with E-state index in [4.69, 9.17) is 4.74 Å². The van der Waals surface area contributed by atoms with E-state index in [2.05, 4.69) is 48.0 Å². The van der Waals surface area contributed by atoms with Gasteiger partial charge < -0.3 is 4.74 Å². The average molecular weight is 381 g/mol. The minimum absolute atomic E-state index is 0.276. The maximum atomic E-state index is 11.2. The fraction of sp³-hybridized carbons (Fsp3) is 0.550. The number of ether oxygens (including phenoxy) is 1. The van der Waals surface area contributed by atoms with Crippen LogP contribution in [-0.4, -0.2) is 17.7 Å². The first-order chi connectivity index (χ1) is 11.1. The van der Waals surface area contributed by atoms with E-state index in [1.807, 2.05) is 18.2 Å². The van der Waals surface area contributed by atoms with E-state index in [0.717, 1.165) is 19.4 Å². The Morgan fingerprint density at radius 1 is 1.26 bits per heavy atom. The summed E-state index contributed by atoms with van der Waals surface area (Å²) in [5.41, 5.74) is 2.63. The van der Waals surface area contributed by atoms with Crippen molar-refractivity contribution in [2.24, 2.45) is 5.92 Å². The molecule has 0 aliphatic carbocycles. The molecule has 0 saturated carbocycles. The Morgan fingerprint density at radius 3 is 2.70 bits per heavy atom. The van der Waals surface area contributed by atoms with Crippen LogP contribution in [0, 0.1) is 5.92 Å². The number of alkyl halides is 1. The molecule has 0 heterocycles. The number of ketones is 1. The first-order valence-electron chi connectivity index (χ1n) is 8.46. The number of Topliss-reactive ketones (excluding diaryl/α,β-unsaturated/α-hetero) is 1. The zero-order valence-electron chi connectivity index (χ0n) is 14.4. The molecule has 128 valence electrons. The molecule has 0 aromatic heterocycles. The van der Waals surface area contributed by atoms with Crippen molar-refractivity contribution in [1.82, 2.24) is 0 Å². The van der Waals surface area contributed by atoms with E-state index in [1.54, 1.807) is 0 Å². The van der Waals surface area contributed by atoms with Crippen LogP contribution in [0.5, 0.6) is 0 Å². The van der Waals surface area contributed by atoms with Crippen LogP contribution in [0.2, 0.25) is 0 Å². The summed E-state index contributed by atoms with van der Waals surface area (Å²) in [6.45, 7) is 5.93. The summed E-state index contributed by atoms with van der Waals surface area (Å²) in [6.07, 6.45) is 7.20. The van der Waals surface area contributed by atoms with Gasteiger partial charge in [0.1, 0.15) is 5.78 Å². The molecule has 1 aromatic rings. The third-order valence-electron chi connectivity index (χ3n) is 3.85. The summed E-state index contributed by atoms with van der Waals surface area (Å²) in [4.78, 5) is 11.2. The Bertz CT molecular complexity index is 468. The predicted octanol–water partition coefficient (Wildman–Crippen LogP) is 5.70. The van der Waals surface area contributed by atoms with Crippen LogP contribution in [0.15, 0.2) is 42.0 Å². The summed E-state index contributed by atoms with van der Waals surface area (Å²) in [5, 5.41) is 0.473. The lowest BCUT2D eigenvalue weighted by Crippen LogP contribution is -2.06. The topological polar surface area (TPSA) is 26.3 Å². The van der Waals surface area contributed by atoms with Crippen molar-refractivity contribution in [2.45, 2.75) is 52.6 Å². The first kappa shape index (κ1) is 20.1. The Hall–Kier alpha value is -0.930. The molecule has 2 nitrogen and oxygen atoms in total. The number of halogens is 1. The number of hydrogen-bond donors (Lipinski definition) is 0. The molecule has 23 heavy (non-hydrogen) atoms. The molecule has 0 spiro atoms. The number of carbonyl (C=O) groups excluding carboxylic acids is 1. The first-order valence-corrected chi connectivity index (χ1v) is 9.59. The molecular formula is C20H29BrO2. The van der Waals surface area contributed by atoms with Gasteiger partial charge in [-0.05, 0) is 44.1 Å². The molecule has 1 aromatic carbocycles. The van der Waals surface area contributed by atoms with Gasteiger partial charge in [0.25, 0.3) is 0 Å². The SMILES string of the molecule is CC(=CCCC(=O)CBr)CCCC(C)COCc1ccccc1. The highest BCUT2D eigenvalue weighted by Crippen LogP contribution is 2.14. The Kier molecular flexibility index (Phi) is 10.9. The molecule has 3 heteroatoms. The van der Waals surface area contributed by atoms with E-state index < -0.39 is 0 Å². The van der Waals surface area contributed by atoms with Crippen molar-refractivity contribution in [3.05, 3.63) is 47.5 Å². The molecule has 0 bridgehead atoms. The van der Waals surface area contributed by atoms with Crippen LogP contribution in [0.3, 0.4) is 0 Å². The van der Waals surface area contributed by atoms with Gasteiger partial charge in [0.2, 0.25) is 0 Å². The summed E-state index contributed by atoms with van der Waals surface area (Å²) < 4.78 is 5.79. The lowest BCUT2D eigenvalue weighted by atomic mass is 10.0. The Morgan fingerprint density at radius 2 is 2.00 bits per heavy atom. The smallest absolute Gasteiger partial charge is 0.143 e. The van der Waals surface area contributed by atoms with Gasteiger partial charge in [-0.15, -0.1) is 0 Å². The standard InChI is InChI=1S/C20H29BrO2/c1-17(9-7-13-20(22)14-21)8-6-10-18(2)15-23-16-19-11-4-3-5-12-19/h3-5,9,11-12,18H,6-8,10,13-16H2,1-2H3. The van der Waals surface area contributed by atoms with Crippen LogP contribution in [-0.2, 0) is 16.1 Å². The van der Waals surface area contributed by atoms with Crippen molar-refractivity contribution in [1.29, 1.82) is 0 Å². The van der Waals surface area contributed by atoms with Gasteiger partial charge in [0.05, 0.1) is 11.9 Å². The van der Waals surface area contributed by atoms with E-state index in [0.29, 0.717) is 24.3 Å². The number of carbonyl (C=O) groups is 1. The highest BCUT2D eigenvalue weighted by Gasteiger charge is 2.03. The molecular weight excluding hydrogens is 352 g/mol. The monoisotopic (exact) mass is 380 g/mol. The maximum Gasteiger partial charge on any atom is 0.143 e. The molecule has 0 radical (unpaired) electrons. The largest absolute Gasteiger partial charge is 0.376 e. The van der Waals surface area contributed by atoms with E-state index >= 15 is 0 Å². The molecule has 0 saturated heterocycles. The summed E-state index contributed by atoms with van der Waals surface area (Å²) in [6, 6.07) is 10.3. The van der Waals surface area contributed by atoms with Crippen LogP contribution < -0.4 is 0 Å². The number of hydrogen-bond acceptors (Lipinski definition) is 2. The average Bonchev–Trinajstić information content (AvgIpc) is 2.55. The zero-order valence-corrected chi connectivity index (χ0v) is 16.0. The van der Waals surface area contributed by atoms with Crippen molar-refractivity contribution in [3.63, 3.8) is 0 Å². The second-order valence-electron chi connectivity index (χ2n) is 6.26. The third-order valence-corrected chi connectivity index (χ3v) is 4.47. The van der Waals surface area contributed by atoms with E-state index in [9.17, 15) is 4.79 Å². The predicted molar refractivity (Wildman–Crippen MR) is 101 cm³/mol. The van der Waals surface area contributed by atoms with Gasteiger partial charge in [0, 0.05) is 13.0 Å². The molecule has 0 aliphatic rings. The van der Waals surface area contributed by atoms with Crippen molar-refractivity contribution in [3.8, 4) is 0 Å². The number of rotatable bonds is 12. The Balaban J connectivity index is 2.07. The molecule has 0 aliphatic heterocycles. The van der Waals surface area contributed by atoms with Crippen LogP contribution in [0.25, 0.3) is 0 Å². The van der Waals surface area contributed by atoms with Gasteiger partial charge in [-0.25, -0.2) is 0 Å². The van der Waals surface area contributed by atoms with Crippen LogP contribution in [0.4, 0.5) is 0 Å². The molecule has 0 fully saturated rings. The van der Waals surface area contributed by atoms with Gasteiger partial charge in [0.15, 0.2) is 0 Å². The second-order valence-corrected chi connectivity index (χ2v) is 6.82. The van der Waals surface area contributed by atoms with Crippen LogP contribution >= 0.6 is 15.9 Å². The maximum absolute atomic E-state index is 11.2. The van der Waals surface area contributed by atoms with Crippen LogP contribution in [0.1, 0.15) is 51.5 Å². The van der Waals surface area contributed by atoms with E-state index in [1.165, 1.54) is 24.0 Å². The normalized spacial score (nSPS) is 13.1. The van der Waals surface area contributed by atoms with Crippen molar-refractivity contribution >= 4 is 21.7 Å². The van der Waals surface area contributed by atoms with Gasteiger partial charge in [-0.1, -0.05) is 64.8 Å². The highest BCUT2D eigenvalue weighted by atomic mass is 79.9. The minimum atomic E-state index is 0.276. The molecule has 0 amide bonds. The summed E-state index contributed by atoms with van der Waals surface area (Å²) in [5.74, 6) is 0.861. The lowest BCUT2D eigenvalue weighted by Gasteiger charge is -2.12. The molecule has 0 N–H and O–H groups in total. The minimum Gasteiger partial charge on any atom is -0.376 e. The molecule has 1 unspecified atom stereocenters. The zero-order chi connectivity index (χ0) is 16.9. The Labute approximate surface area is 149 Å². The fourth-order valence-corrected chi connectivity index (χ4v) is 2.69. The molecule has 1 rings (SSSR count). The lowest BCUT2D eigenvalue weighted by molar-refractivity contribution is -0.116. The van der Waals surface area contributed by atoms with Gasteiger partial charge in [-0.3, -0.25) is 4.79 Å². The summed E-state index contributed by atoms with van der Waals surface area (Å²) in [7, 11) is 0. The van der Waals surface area contributed by atoms with Crippen molar-refractivity contribution in [2.75, 3.05) is 11.9 Å². The van der Waals surface area contributed by atoms with Gasteiger partial charge >= 0.3 is 0 Å². The second kappa shape index (κ2) is 12.5. The third kappa shape index (κ3) is 10.5. The van der Waals surface area contributed by atoms with Crippen molar-refractivity contribution < 1.29 is 9.53 Å².